The highest BCUT2D eigenvalue weighted by Crippen LogP contribution is 2.19. The van der Waals surface area contributed by atoms with Gasteiger partial charge in [0.1, 0.15) is 6.54 Å². The molecular formula is C24H30N2O3. The van der Waals surface area contributed by atoms with Crippen molar-refractivity contribution in [1.82, 2.24) is 4.90 Å². The zero-order chi connectivity index (χ0) is 20.8. The Morgan fingerprint density at radius 1 is 1.14 bits per heavy atom. The minimum Gasteiger partial charge on any atom is -0.376 e. The van der Waals surface area contributed by atoms with Crippen molar-refractivity contribution in [3.8, 4) is 0 Å². The molecule has 29 heavy (non-hydrogen) atoms. The lowest BCUT2D eigenvalue weighted by Gasteiger charge is -2.25. The normalized spacial score (nSPS) is 15.9. The molecule has 0 bridgehead atoms. The van der Waals surface area contributed by atoms with E-state index in [1.54, 1.807) is 4.90 Å². The molecule has 0 aromatic heterocycles. The molecule has 2 aromatic rings. The first kappa shape index (κ1) is 21.1. The van der Waals surface area contributed by atoms with Crippen molar-refractivity contribution in [1.29, 1.82) is 0 Å². The molecule has 0 saturated carbocycles. The van der Waals surface area contributed by atoms with E-state index in [4.69, 9.17) is 4.74 Å². The molecule has 1 saturated heterocycles. The number of rotatable bonds is 7. The van der Waals surface area contributed by atoms with Crippen LogP contribution < -0.4 is 5.32 Å². The van der Waals surface area contributed by atoms with Gasteiger partial charge in [-0.15, -0.1) is 0 Å². The van der Waals surface area contributed by atoms with Crippen LogP contribution in [0.15, 0.2) is 42.5 Å². The van der Waals surface area contributed by atoms with E-state index < -0.39 is 0 Å². The van der Waals surface area contributed by atoms with Gasteiger partial charge < -0.3 is 15.0 Å². The van der Waals surface area contributed by atoms with Crippen LogP contribution in [0.5, 0.6) is 0 Å². The van der Waals surface area contributed by atoms with Crippen LogP contribution in [0.1, 0.15) is 46.8 Å². The molecule has 0 spiro atoms. The number of ether oxygens (including phenoxy) is 1. The summed E-state index contributed by atoms with van der Waals surface area (Å²) in [7, 11) is 0. The van der Waals surface area contributed by atoms with Crippen molar-refractivity contribution >= 4 is 17.5 Å². The van der Waals surface area contributed by atoms with Crippen LogP contribution in [0.2, 0.25) is 0 Å². The van der Waals surface area contributed by atoms with E-state index in [0.717, 1.165) is 36.1 Å². The van der Waals surface area contributed by atoms with Crippen molar-refractivity contribution in [3.63, 3.8) is 0 Å². The zero-order valence-electron chi connectivity index (χ0n) is 17.5. The van der Waals surface area contributed by atoms with Crippen molar-refractivity contribution in [2.45, 2.75) is 46.1 Å². The molecule has 0 unspecified atom stereocenters. The molecule has 5 nitrogen and oxygen atoms in total. The number of benzene rings is 2. The number of hydrogen-bond acceptors (Lipinski definition) is 3. The lowest BCUT2D eigenvalue weighted by atomic mass is 10.1. The van der Waals surface area contributed by atoms with Gasteiger partial charge in [-0.3, -0.25) is 9.59 Å². The van der Waals surface area contributed by atoms with E-state index in [9.17, 15) is 9.59 Å². The number of amides is 2. The molecular weight excluding hydrogens is 364 g/mol. The van der Waals surface area contributed by atoms with Gasteiger partial charge in [-0.05, 0) is 68.0 Å². The number of nitrogens with one attached hydrogen (secondary N) is 1. The molecule has 1 aliphatic heterocycles. The van der Waals surface area contributed by atoms with E-state index in [1.165, 1.54) is 5.56 Å². The van der Waals surface area contributed by atoms with Gasteiger partial charge in [0.15, 0.2) is 0 Å². The Bertz CT molecular complexity index is 855. The van der Waals surface area contributed by atoms with Gasteiger partial charge in [0.2, 0.25) is 5.91 Å². The molecule has 1 fully saturated rings. The van der Waals surface area contributed by atoms with Crippen LogP contribution in [-0.4, -0.2) is 42.5 Å². The second-order valence-corrected chi connectivity index (χ2v) is 7.67. The molecule has 0 aliphatic carbocycles. The monoisotopic (exact) mass is 394 g/mol. The first-order chi connectivity index (χ1) is 14.0. The van der Waals surface area contributed by atoms with Gasteiger partial charge in [-0.2, -0.15) is 0 Å². The standard InChI is InChI=1S/C24H30N2O3/c1-4-19-10-12-20(13-11-19)24(28)26(15-21-8-6-14-29-21)16-23(27)25-22-9-5-7-17(2)18(22)3/h5,7,9-13,21H,4,6,8,14-16H2,1-3H3,(H,25,27)/t21-/m1/s1. The van der Waals surface area contributed by atoms with E-state index in [-0.39, 0.29) is 24.5 Å². The van der Waals surface area contributed by atoms with Crippen molar-refractivity contribution in [2.24, 2.45) is 0 Å². The summed E-state index contributed by atoms with van der Waals surface area (Å²) in [5.74, 6) is -0.338. The van der Waals surface area contributed by atoms with Crippen LogP contribution in [0.3, 0.4) is 0 Å². The number of anilines is 1. The molecule has 3 rings (SSSR count). The highest BCUT2D eigenvalue weighted by atomic mass is 16.5. The predicted molar refractivity (Wildman–Crippen MR) is 115 cm³/mol. The quantitative estimate of drug-likeness (QED) is 0.768. The van der Waals surface area contributed by atoms with Crippen molar-refractivity contribution in [2.75, 3.05) is 25.0 Å². The largest absolute Gasteiger partial charge is 0.376 e. The second kappa shape index (κ2) is 9.70. The van der Waals surface area contributed by atoms with Gasteiger partial charge in [-0.25, -0.2) is 0 Å². The first-order valence-corrected chi connectivity index (χ1v) is 10.3. The van der Waals surface area contributed by atoms with E-state index in [2.05, 4.69) is 12.2 Å². The maximum absolute atomic E-state index is 13.1. The highest BCUT2D eigenvalue weighted by molar-refractivity contribution is 5.99. The summed E-state index contributed by atoms with van der Waals surface area (Å²) in [6.45, 7) is 7.22. The molecule has 1 heterocycles. The molecule has 1 N–H and O–H groups in total. The zero-order valence-corrected chi connectivity index (χ0v) is 17.5. The SMILES string of the molecule is CCc1ccc(C(=O)N(CC(=O)Nc2cccc(C)c2C)C[C@H]2CCCO2)cc1. The average Bonchev–Trinajstić information content (AvgIpc) is 3.23. The maximum Gasteiger partial charge on any atom is 0.254 e. The van der Waals surface area contributed by atoms with Crippen LogP contribution in [0.25, 0.3) is 0 Å². The second-order valence-electron chi connectivity index (χ2n) is 7.67. The maximum atomic E-state index is 13.1. The van der Waals surface area contributed by atoms with Crippen LogP contribution in [0, 0.1) is 13.8 Å². The summed E-state index contributed by atoms with van der Waals surface area (Å²) in [4.78, 5) is 27.5. The summed E-state index contributed by atoms with van der Waals surface area (Å²) in [5, 5.41) is 2.96. The van der Waals surface area contributed by atoms with Crippen molar-refractivity contribution in [3.05, 3.63) is 64.7 Å². The molecule has 1 aliphatic rings. The van der Waals surface area contributed by atoms with E-state index in [0.29, 0.717) is 18.7 Å². The minimum absolute atomic E-state index is 0.00159. The van der Waals surface area contributed by atoms with Gasteiger partial charge >= 0.3 is 0 Å². The third-order valence-corrected chi connectivity index (χ3v) is 5.56. The Balaban J connectivity index is 1.74. The average molecular weight is 395 g/mol. The van der Waals surface area contributed by atoms with Gasteiger partial charge in [0.25, 0.3) is 5.91 Å². The van der Waals surface area contributed by atoms with Crippen LogP contribution in [0.4, 0.5) is 5.69 Å². The third-order valence-electron chi connectivity index (χ3n) is 5.56. The summed E-state index contributed by atoms with van der Waals surface area (Å²) in [5.41, 5.74) is 4.71. The molecule has 154 valence electrons. The summed E-state index contributed by atoms with van der Waals surface area (Å²) >= 11 is 0. The van der Waals surface area contributed by atoms with Crippen LogP contribution >= 0.6 is 0 Å². The van der Waals surface area contributed by atoms with Gasteiger partial charge in [0.05, 0.1) is 6.10 Å². The first-order valence-electron chi connectivity index (χ1n) is 10.3. The molecule has 5 heteroatoms. The highest BCUT2D eigenvalue weighted by Gasteiger charge is 2.25. The summed E-state index contributed by atoms with van der Waals surface area (Å²) in [6, 6.07) is 13.4. The number of aryl methyl sites for hydroxylation is 2. The Labute approximate surface area is 173 Å². The Morgan fingerprint density at radius 2 is 1.90 bits per heavy atom. The van der Waals surface area contributed by atoms with Gasteiger partial charge in [0, 0.05) is 24.4 Å². The third kappa shape index (κ3) is 5.45. The summed E-state index contributed by atoms with van der Waals surface area (Å²) in [6.07, 6.45) is 2.82. The Kier molecular flexibility index (Phi) is 7.04. The minimum atomic E-state index is -0.199. The number of hydrogen-bond donors (Lipinski definition) is 1. The number of carbonyl (C=O) groups is 2. The van der Waals surface area contributed by atoms with Crippen LogP contribution in [-0.2, 0) is 16.0 Å². The van der Waals surface area contributed by atoms with E-state index >= 15 is 0 Å². The lowest BCUT2D eigenvalue weighted by molar-refractivity contribution is -0.117. The molecule has 2 aromatic carbocycles. The summed E-state index contributed by atoms with van der Waals surface area (Å²) < 4.78 is 5.72. The fraction of sp³-hybridized carbons (Fsp3) is 0.417. The smallest absolute Gasteiger partial charge is 0.254 e. The molecule has 2 amide bonds. The number of carbonyl (C=O) groups excluding carboxylic acids is 2. The van der Waals surface area contributed by atoms with E-state index in [1.807, 2.05) is 56.3 Å². The fourth-order valence-corrected chi connectivity index (χ4v) is 3.57. The van der Waals surface area contributed by atoms with Crippen molar-refractivity contribution < 1.29 is 14.3 Å². The Morgan fingerprint density at radius 3 is 2.55 bits per heavy atom. The van der Waals surface area contributed by atoms with Gasteiger partial charge in [-0.1, -0.05) is 31.2 Å². The predicted octanol–water partition coefficient (Wildman–Crippen LogP) is 4.13. The fourth-order valence-electron chi connectivity index (χ4n) is 3.57. The lowest BCUT2D eigenvalue weighted by Crippen LogP contribution is -2.42. The Hall–Kier alpha value is -2.66. The topological polar surface area (TPSA) is 58.6 Å². The molecule has 0 radical (unpaired) electrons. The molecule has 1 atom stereocenters. The number of nitrogens with zero attached hydrogens (tertiary/aromatic N) is 1.